The second kappa shape index (κ2) is 4.38. The summed E-state index contributed by atoms with van der Waals surface area (Å²) in [4.78, 5) is 10.7. The number of ether oxygens (including phenoxy) is 1. The van der Waals surface area contributed by atoms with Gasteiger partial charge >= 0.3 is 0 Å². The van der Waals surface area contributed by atoms with Gasteiger partial charge in [0.05, 0.1) is 0 Å². The average Bonchev–Trinajstić information content (AvgIpc) is 2.74. The van der Waals surface area contributed by atoms with Gasteiger partial charge in [0.1, 0.15) is 23.7 Å². The normalized spacial score (nSPS) is 9.71. The first-order valence-electron chi connectivity index (χ1n) is 3.80. The van der Waals surface area contributed by atoms with Crippen LogP contribution >= 0.6 is 0 Å². The van der Waals surface area contributed by atoms with Gasteiger partial charge in [-0.25, -0.2) is 0 Å². The van der Waals surface area contributed by atoms with Gasteiger partial charge in [-0.2, -0.15) is 0 Å². The van der Waals surface area contributed by atoms with Crippen LogP contribution in [0.5, 0.6) is 0 Å². The van der Waals surface area contributed by atoms with Crippen molar-refractivity contribution in [2.24, 2.45) is 0 Å². The van der Waals surface area contributed by atoms with E-state index in [0.717, 1.165) is 16.7 Å². The molecule has 0 aliphatic heterocycles. The molecule has 0 atom stereocenters. The number of hydrogen-bond acceptors (Lipinski definition) is 3. The number of hydrogen-bond donors (Lipinski definition) is 0. The Morgan fingerprint density at radius 2 is 2.36 bits per heavy atom. The summed E-state index contributed by atoms with van der Waals surface area (Å²) in [6.45, 7) is 3.39. The fraction of sp³-hybridized carbons (Fsp3) is 0.100. The number of benzene rings is 1. The van der Waals surface area contributed by atoms with E-state index in [9.17, 15) is 4.79 Å². The molecule has 2 bridgehead atoms. The molecule has 3 nitrogen and oxygen atoms in total. The number of carbonyl (C=O) groups is 1. The van der Waals surface area contributed by atoms with Gasteiger partial charge in [0.2, 0.25) is 0 Å². The predicted octanol–water partition coefficient (Wildman–Crippen LogP) is 1.90. The van der Waals surface area contributed by atoms with Crippen molar-refractivity contribution >= 4 is 17.1 Å². The molecule has 0 aliphatic rings. The van der Waals surface area contributed by atoms with E-state index in [1.165, 1.54) is 0 Å². The molecule has 0 saturated carbocycles. The zero-order chi connectivity index (χ0) is 9.26. The zero-order valence-corrected chi connectivity index (χ0v) is 8.84. The summed E-state index contributed by atoms with van der Waals surface area (Å²) in [6.07, 6.45) is 2.12. The van der Waals surface area contributed by atoms with E-state index < -0.39 is 5.97 Å². The minimum Gasteiger partial charge on any atom is -0.485 e. The van der Waals surface area contributed by atoms with Crippen molar-refractivity contribution in [2.75, 3.05) is 0 Å². The Balaban J connectivity index is 0.000000980. The average molecular weight is 278 g/mol. The number of fused-ring (bicyclic) bond motifs is 2. The maximum atomic E-state index is 10.7. The summed E-state index contributed by atoms with van der Waals surface area (Å²) in [7, 11) is 0. The molecule has 2 aromatic heterocycles. The Hall–Kier alpha value is -1.15. The van der Waals surface area contributed by atoms with Crippen molar-refractivity contribution in [2.45, 2.75) is 6.61 Å². The molecule has 2 rings (SSSR count). The van der Waals surface area contributed by atoms with Crippen LogP contribution in [0, 0.1) is 6.08 Å². The van der Waals surface area contributed by atoms with Gasteiger partial charge in [0.25, 0.3) is 0 Å². The van der Waals surface area contributed by atoms with Crippen molar-refractivity contribution in [3.63, 3.8) is 0 Å². The van der Waals surface area contributed by atoms with Crippen molar-refractivity contribution in [3.8, 4) is 0 Å². The summed E-state index contributed by atoms with van der Waals surface area (Å²) in [5.41, 5.74) is 2.43. The second-order valence-electron chi connectivity index (χ2n) is 2.62. The van der Waals surface area contributed by atoms with Crippen molar-refractivity contribution in [1.82, 2.24) is 0 Å². The third-order valence-electron chi connectivity index (χ3n) is 1.76. The Morgan fingerprint density at radius 3 is 2.86 bits per heavy atom. The molecule has 75 valence electrons. The minimum atomic E-state index is -0.543. The van der Waals surface area contributed by atoms with Crippen LogP contribution in [0.15, 0.2) is 29.2 Å². The molecule has 2 aromatic rings. The summed E-state index contributed by atoms with van der Waals surface area (Å²) in [6, 6.07) is 5.54. The van der Waals surface area contributed by atoms with Crippen LogP contribution in [0.2, 0.25) is 0 Å². The van der Waals surface area contributed by atoms with E-state index >= 15 is 0 Å². The van der Waals surface area contributed by atoms with Gasteiger partial charge < -0.3 is 15.2 Å². The smallest absolute Gasteiger partial charge is 0.147 e. The van der Waals surface area contributed by atoms with Crippen LogP contribution < -0.4 is 0 Å². The summed E-state index contributed by atoms with van der Waals surface area (Å²) < 4.78 is 10.1. The molecule has 0 spiro atoms. The molecule has 1 radical (unpaired) electrons. The molecule has 14 heavy (non-hydrogen) atoms. The van der Waals surface area contributed by atoms with Gasteiger partial charge in [0, 0.05) is 25.0 Å². The van der Waals surface area contributed by atoms with Crippen LogP contribution in [0.1, 0.15) is 5.56 Å². The first-order chi connectivity index (χ1) is 6.29. The molecule has 0 aromatic carbocycles. The van der Waals surface area contributed by atoms with E-state index in [-0.39, 0.29) is 26.1 Å². The van der Waals surface area contributed by atoms with E-state index in [1.54, 1.807) is 0 Å². The van der Waals surface area contributed by atoms with Crippen molar-refractivity contribution < 1.29 is 33.4 Å². The van der Waals surface area contributed by atoms with Crippen molar-refractivity contribution in [3.05, 3.63) is 36.4 Å². The van der Waals surface area contributed by atoms with Gasteiger partial charge in [-0.05, 0) is 18.2 Å². The number of rotatable bonds is 3. The summed E-state index contributed by atoms with van der Waals surface area (Å²) in [5.74, 6) is -0.543. The predicted molar refractivity (Wildman–Crippen MR) is 46.1 cm³/mol. The van der Waals surface area contributed by atoms with Gasteiger partial charge in [-0.15, -0.1) is 0 Å². The molecule has 0 fully saturated rings. The van der Waals surface area contributed by atoms with Gasteiger partial charge in [0.15, 0.2) is 0 Å². The third-order valence-corrected chi connectivity index (χ3v) is 1.76. The summed E-state index contributed by atoms with van der Waals surface area (Å²) >= 11 is 0. The van der Waals surface area contributed by atoms with Gasteiger partial charge in [-0.1, -0.05) is 0 Å². The van der Waals surface area contributed by atoms with E-state index in [4.69, 9.17) is 9.15 Å². The monoisotopic (exact) mass is 278 g/mol. The number of carbonyl (C=O) groups excluding carboxylic acids is 1. The first kappa shape index (κ1) is 10.9. The van der Waals surface area contributed by atoms with E-state index in [1.807, 2.05) is 18.2 Å². The van der Waals surface area contributed by atoms with Crippen LogP contribution in [0.4, 0.5) is 0 Å². The fourth-order valence-corrected chi connectivity index (χ4v) is 1.15. The maximum Gasteiger partial charge on any atom is 0.147 e. The Bertz CT molecular complexity index is 432. The molecule has 0 saturated heterocycles. The largest absolute Gasteiger partial charge is 0.485 e. The van der Waals surface area contributed by atoms with Crippen LogP contribution in [-0.2, 0) is 35.6 Å². The molecule has 0 unspecified atom stereocenters. The number of esters is 1. The molecule has 0 aliphatic carbocycles. The summed E-state index contributed by atoms with van der Waals surface area (Å²) in [5, 5.41) is 0. The van der Waals surface area contributed by atoms with Crippen LogP contribution in [-0.4, -0.2) is 5.97 Å². The Morgan fingerprint density at radius 1 is 1.57 bits per heavy atom. The van der Waals surface area contributed by atoms with Crippen molar-refractivity contribution in [1.29, 1.82) is 0 Å². The Labute approximate surface area is 93.8 Å². The van der Waals surface area contributed by atoms with E-state index in [0.29, 0.717) is 0 Å². The SMILES string of the molecule is C=[C-]C(=O)OCc1cc2ccc1o2.[Rh]. The zero-order valence-electron chi connectivity index (χ0n) is 7.20. The molecular weight excluding hydrogens is 271 g/mol. The van der Waals surface area contributed by atoms with Crippen LogP contribution in [0.25, 0.3) is 11.2 Å². The second-order valence-corrected chi connectivity index (χ2v) is 2.62. The quantitative estimate of drug-likeness (QED) is 0.372. The standard InChI is InChI=1S/C10H7O3.Rh/c1-2-10(11)12-6-7-5-8-3-4-9(7)13-8;/h3-5H,1,6H2;/q-1;. The first-order valence-corrected chi connectivity index (χ1v) is 3.80. The topological polar surface area (TPSA) is 39.4 Å². The minimum absolute atomic E-state index is 0. The molecule has 2 heterocycles. The van der Waals surface area contributed by atoms with E-state index in [2.05, 4.69) is 12.7 Å². The molecule has 0 N–H and O–H groups in total. The molecule has 0 amide bonds. The number of furan rings is 2. The molecule has 4 heteroatoms. The van der Waals surface area contributed by atoms with Crippen LogP contribution in [0.3, 0.4) is 0 Å². The van der Waals surface area contributed by atoms with Gasteiger partial charge in [-0.3, -0.25) is 11.4 Å². The molecular formula is C10H7O3Rh-. The fourth-order valence-electron chi connectivity index (χ4n) is 1.15. The Kier molecular flexibility index (Phi) is 3.42. The maximum absolute atomic E-state index is 10.7. The third kappa shape index (κ3) is 2.02.